The lowest BCUT2D eigenvalue weighted by Gasteiger charge is -2.05. The van der Waals surface area contributed by atoms with E-state index in [2.05, 4.69) is 4.98 Å². The minimum atomic E-state index is -4.70. The third-order valence-corrected chi connectivity index (χ3v) is 4.29. The second-order valence-electron chi connectivity index (χ2n) is 3.88. The number of fused-ring (bicyclic) bond motifs is 1. The third-order valence-electron chi connectivity index (χ3n) is 2.56. The highest BCUT2D eigenvalue weighted by Gasteiger charge is 2.21. The number of diazo groups is 1. The molecule has 2 aromatic carbocycles. The first kappa shape index (κ1) is 14.4. The van der Waals surface area contributed by atoms with Crippen molar-refractivity contribution in [1.29, 1.82) is 5.39 Å². The minimum Gasteiger partial charge on any atom is -0.282 e. The highest BCUT2D eigenvalue weighted by Crippen LogP contribution is 2.30. The molecule has 104 valence electrons. The van der Waals surface area contributed by atoms with Gasteiger partial charge in [0.25, 0.3) is 20.2 Å². The summed E-state index contributed by atoms with van der Waals surface area (Å²) in [5.74, 6) is 0. The van der Waals surface area contributed by atoms with Crippen molar-refractivity contribution in [3.63, 3.8) is 0 Å². The van der Waals surface area contributed by atoms with Gasteiger partial charge < -0.3 is 0 Å². The molecule has 2 rings (SSSR count). The minimum absolute atomic E-state index is 0.0206. The molecule has 0 bridgehead atoms. The Balaban J connectivity index is 3.01. The number of hydrogen-bond donors (Lipinski definition) is 2. The number of hydrogen-bond acceptors (Lipinski definition) is 5. The van der Waals surface area contributed by atoms with E-state index in [0.29, 0.717) is 6.07 Å². The van der Waals surface area contributed by atoms with Gasteiger partial charge in [0.05, 0.1) is 4.90 Å². The summed E-state index contributed by atoms with van der Waals surface area (Å²) in [5, 5.41) is 8.72. The molecule has 2 N–H and O–H groups in total. The molecular formula is C10H7N2O6S2+. The molecule has 0 spiro atoms. The maximum atomic E-state index is 11.3. The van der Waals surface area contributed by atoms with Crippen molar-refractivity contribution in [3.05, 3.63) is 35.3 Å². The topological polar surface area (TPSA) is 137 Å². The molecule has 0 aliphatic carbocycles. The van der Waals surface area contributed by atoms with Gasteiger partial charge in [-0.25, -0.2) is 0 Å². The van der Waals surface area contributed by atoms with Crippen LogP contribution >= 0.6 is 0 Å². The maximum Gasteiger partial charge on any atom is 0.385 e. The molecule has 0 atom stereocenters. The Kier molecular flexibility index (Phi) is 3.23. The molecule has 0 aromatic heterocycles. The van der Waals surface area contributed by atoms with Crippen LogP contribution in [0.5, 0.6) is 0 Å². The Morgan fingerprint density at radius 1 is 0.950 bits per heavy atom. The number of nitrogens with zero attached hydrogens (tertiary/aromatic N) is 2. The summed E-state index contributed by atoms with van der Waals surface area (Å²) in [6.07, 6.45) is 0. The van der Waals surface area contributed by atoms with E-state index in [4.69, 9.17) is 14.5 Å². The molecule has 0 saturated heterocycles. The van der Waals surface area contributed by atoms with Crippen molar-refractivity contribution in [2.75, 3.05) is 0 Å². The third kappa shape index (κ3) is 2.61. The van der Waals surface area contributed by atoms with Crippen LogP contribution in [-0.4, -0.2) is 25.9 Å². The van der Waals surface area contributed by atoms with E-state index in [-0.39, 0.29) is 16.5 Å². The van der Waals surface area contributed by atoms with E-state index in [1.165, 1.54) is 18.2 Å². The van der Waals surface area contributed by atoms with Crippen LogP contribution in [0.25, 0.3) is 15.7 Å². The van der Waals surface area contributed by atoms with Crippen LogP contribution in [0.1, 0.15) is 0 Å². The molecule has 0 aliphatic heterocycles. The van der Waals surface area contributed by atoms with E-state index in [1.54, 1.807) is 0 Å². The molecule has 2 aromatic rings. The molecule has 0 fully saturated rings. The Hall–Kier alpha value is -2.06. The van der Waals surface area contributed by atoms with Crippen LogP contribution in [0.2, 0.25) is 0 Å². The normalized spacial score (nSPS) is 12.2. The first-order valence-corrected chi connectivity index (χ1v) is 7.89. The molecule has 0 aliphatic rings. The predicted octanol–water partition coefficient (Wildman–Crippen LogP) is 1.82. The van der Waals surface area contributed by atoms with Crippen LogP contribution in [0, 0.1) is 5.39 Å². The van der Waals surface area contributed by atoms with Gasteiger partial charge in [0.15, 0.2) is 4.98 Å². The van der Waals surface area contributed by atoms with Crippen LogP contribution in [-0.2, 0) is 20.2 Å². The molecule has 0 unspecified atom stereocenters. The summed E-state index contributed by atoms with van der Waals surface area (Å²) >= 11 is 0. The zero-order valence-corrected chi connectivity index (χ0v) is 11.3. The lowest BCUT2D eigenvalue weighted by atomic mass is 10.1. The zero-order valence-electron chi connectivity index (χ0n) is 9.63. The summed E-state index contributed by atoms with van der Waals surface area (Å²) < 4.78 is 62.9. The quantitative estimate of drug-likeness (QED) is 0.636. The van der Waals surface area contributed by atoms with Gasteiger partial charge in [-0.2, -0.15) is 16.8 Å². The summed E-state index contributed by atoms with van der Waals surface area (Å²) in [7, 11) is -9.37. The molecule has 10 heteroatoms. The van der Waals surface area contributed by atoms with Gasteiger partial charge in [-0.1, -0.05) is 0 Å². The maximum absolute atomic E-state index is 11.3. The Labute approximate surface area is 113 Å². The Morgan fingerprint density at radius 3 is 2.10 bits per heavy atom. The van der Waals surface area contributed by atoms with E-state index >= 15 is 0 Å². The number of benzene rings is 2. The van der Waals surface area contributed by atoms with Gasteiger partial charge in [0, 0.05) is 17.5 Å². The average molecular weight is 315 g/mol. The highest BCUT2D eigenvalue weighted by atomic mass is 32.2. The fraction of sp³-hybridized carbons (Fsp3) is 0. The van der Waals surface area contributed by atoms with Crippen molar-refractivity contribution in [1.82, 2.24) is 0 Å². The van der Waals surface area contributed by atoms with Gasteiger partial charge in [-0.15, -0.1) is 0 Å². The fourth-order valence-electron chi connectivity index (χ4n) is 1.72. The van der Waals surface area contributed by atoms with Crippen molar-refractivity contribution in [2.24, 2.45) is 0 Å². The molecule has 0 saturated carbocycles. The second kappa shape index (κ2) is 4.50. The van der Waals surface area contributed by atoms with Gasteiger partial charge in [-0.3, -0.25) is 9.11 Å². The SMILES string of the molecule is N#[N+]c1ccc2c(S(=O)(=O)O)cc(S(=O)(=O)O)cc2c1. The first-order valence-electron chi connectivity index (χ1n) is 5.01. The standard InChI is InChI=1S/C10H6N2O6S2/c11-12-7-1-2-9-6(3-7)4-8(19(13,14)15)5-10(9)20(16,17)18/h1-5H,(H-,13,14,15,16,17,18)/p+1. The fourth-order valence-corrected chi connectivity index (χ4v) is 3.08. The summed E-state index contributed by atoms with van der Waals surface area (Å²) in [6, 6.07) is 5.33. The molecule has 0 amide bonds. The van der Waals surface area contributed by atoms with Gasteiger partial charge in [0.1, 0.15) is 4.90 Å². The summed E-state index contributed by atoms with van der Waals surface area (Å²) in [6.45, 7) is 0. The van der Waals surface area contributed by atoms with Gasteiger partial charge in [0.2, 0.25) is 5.39 Å². The summed E-state index contributed by atoms with van der Waals surface area (Å²) in [4.78, 5) is 1.51. The lowest BCUT2D eigenvalue weighted by Crippen LogP contribution is -2.04. The largest absolute Gasteiger partial charge is 0.385 e. The van der Waals surface area contributed by atoms with Crippen LogP contribution < -0.4 is 0 Å². The molecular weight excluding hydrogens is 308 g/mol. The van der Waals surface area contributed by atoms with Crippen molar-refractivity contribution >= 4 is 36.7 Å². The van der Waals surface area contributed by atoms with E-state index in [0.717, 1.165) is 6.07 Å². The predicted molar refractivity (Wildman–Crippen MR) is 68.3 cm³/mol. The van der Waals surface area contributed by atoms with Gasteiger partial charge >= 0.3 is 5.69 Å². The lowest BCUT2D eigenvalue weighted by molar-refractivity contribution is 0.482. The van der Waals surface area contributed by atoms with Crippen LogP contribution in [0.15, 0.2) is 40.1 Å². The van der Waals surface area contributed by atoms with Crippen molar-refractivity contribution < 1.29 is 25.9 Å². The van der Waals surface area contributed by atoms with E-state index < -0.39 is 30.0 Å². The highest BCUT2D eigenvalue weighted by molar-refractivity contribution is 7.86. The smallest absolute Gasteiger partial charge is 0.282 e. The summed E-state index contributed by atoms with van der Waals surface area (Å²) in [5.41, 5.74) is 0.0475. The van der Waals surface area contributed by atoms with Crippen LogP contribution in [0.3, 0.4) is 0 Å². The molecule has 0 heterocycles. The van der Waals surface area contributed by atoms with Crippen molar-refractivity contribution in [3.8, 4) is 0 Å². The molecule has 8 nitrogen and oxygen atoms in total. The molecule has 0 radical (unpaired) electrons. The van der Waals surface area contributed by atoms with E-state index in [9.17, 15) is 16.8 Å². The first-order chi connectivity index (χ1) is 9.13. The second-order valence-corrected chi connectivity index (χ2v) is 6.69. The zero-order chi connectivity index (χ0) is 15.1. The number of rotatable bonds is 2. The average Bonchev–Trinajstić information content (AvgIpc) is 2.34. The van der Waals surface area contributed by atoms with Crippen molar-refractivity contribution in [2.45, 2.75) is 9.79 Å². The van der Waals surface area contributed by atoms with Gasteiger partial charge in [-0.05, 0) is 23.6 Å². The van der Waals surface area contributed by atoms with E-state index in [1.807, 2.05) is 0 Å². The Morgan fingerprint density at radius 2 is 1.60 bits per heavy atom. The molecule has 20 heavy (non-hydrogen) atoms. The van der Waals surface area contributed by atoms with Crippen LogP contribution in [0.4, 0.5) is 5.69 Å². The monoisotopic (exact) mass is 315 g/mol. The Bertz CT molecular complexity index is 957.